The molecule has 4 rings (SSSR count). The van der Waals surface area contributed by atoms with Gasteiger partial charge >= 0.3 is 0 Å². The van der Waals surface area contributed by atoms with Gasteiger partial charge in [0.25, 0.3) is 0 Å². The van der Waals surface area contributed by atoms with Crippen molar-refractivity contribution in [3.63, 3.8) is 0 Å². The van der Waals surface area contributed by atoms with Crippen LogP contribution in [0.15, 0.2) is 24.3 Å². The number of nitrogens with one attached hydrogen (secondary N) is 1. The fourth-order valence-electron chi connectivity index (χ4n) is 4.56. The molecule has 31 heavy (non-hydrogen) atoms. The summed E-state index contributed by atoms with van der Waals surface area (Å²) in [5.41, 5.74) is 3.58. The molecule has 7 heteroatoms. The largest absolute Gasteiger partial charge is 0.497 e. The van der Waals surface area contributed by atoms with Gasteiger partial charge in [-0.3, -0.25) is 4.79 Å². The van der Waals surface area contributed by atoms with Crippen LogP contribution >= 0.6 is 0 Å². The van der Waals surface area contributed by atoms with Crippen molar-refractivity contribution < 1.29 is 9.53 Å². The number of likely N-dealkylation sites (tertiary alicyclic amines) is 1. The molecular formula is C24H33N5O2. The first kappa shape index (κ1) is 21.6. The van der Waals surface area contributed by atoms with Crippen molar-refractivity contribution in [1.82, 2.24) is 19.8 Å². The van der Waals surface area contributed by atoms with Crippen LogP contribution in [-0.2, 0) is 24.2 Å². The number of carbonyl (C=O) groups excluding carboxylic acids is 1. The summed E-state index contributed by atoms with van der Waals surface area (Å²) in [7, 11) is 5.74. The zero-order valence-electron chi connectivity index (χ0n) is 18.9. The highest BCUT2D eigenvalue weighted by atomic mass is 16.5. The van der Waals surface area contributed by atoms with Crippen LogP contribution < -0.4 is 10.1 Å². The average molecular weight is 424 g/mol. The normalized spacial score (nSPS) is 17.3. The first-order chi connectivity index (χ1) is 15.1. The van der Waals surface area contributed by atoms with Gasteiger partial charge in [0.05, 0.1) is 12.8 Å². The smallest absolute Gasteiger partial charge is 0.222 e. The van der Waals surface area contributed by atoms with Crippen LogP contribution in [0.1, 0.15) is 47.8 Å². The third kappa shape index (κ3) is 4.98. The van der Waals surface area contributed by atoms with Gasteiger partial charge in [-0.2, -0.15) is 0 Å². The number of amides is 1. The quantitative estimate of drug-likeness (QED) is 0.771. The SMILES string of the molecule is CNc1nc(C2CCN(C(=O)CCc3ccc(OC)cc3)CC2)nc2c1CCN(C)C2. The van der Waals surface area contributed by atoms with Crippen molar-refractivity contribution in [3.05, 3.63) is 46.9 Å². The summed E-state index contributed by atoms with van der Waals surface area (Å²) >= 11 is 0. The van der Waals surface area contributed by atoms with Gasteiger partial charge in [-0.15, -0.1) is 0 Å². The molecule has 1 aromatic carbocycles. The van der Waals surface area contributed by atoms with E-state index in [0.717, 1.165) is 80.5 Å². The molecule has 0 aliphatic carbocycles. The van der Waals surface area contributed by atoms with E-state index in [1.807, 2.05) is 36.2 Å². The second-order valence-electron chi connectivity index (χ2n) is 8.60. The second-order valence-corrected chi connectivity index (χ2v) is 8.60. The van der Waals surface area contributed by atoms with Crippen LogP contribution in [0.25, 0.3) is 0 Å². The van der Waals surface area contributed by atoms with Crippen molar-refractivity contribution in [3.8, 4) is 5.75 Å². The molecular weight excluding hydrogens is 390 g/mol. The zero-order valence-corrected chi connectivity index (χ0v) is 18.9. The number of carbonyl (C=O) groups is 1. The Balaban J connectivity index is 1.34. The van der Waals surface area contributed by atoms with Crippen LogP contribution in [-0.4, -0.2) is 66.5 Å². The lowest BCUT2D eigenvalue weighted by Crippen LogP contribution is -2.38. The molecule has 1 N–H and O–H groups in total. The zero-order chi connectivity index (χ0) is 21.8. The van der Waals surface area contributed by atoms with E-state index in [2.05, 4.69) is 17.3 Å². The van der Waals surface area contributed by atoms with E-state index in [1.54, 1.807) is 7.11 Å². The van der Waals surface area contributed by atoms with Gasteiger partial charge in [0, 0.05) is 51.1 Å². The van der Waals surface area contributed by atoms with Gasteiger partial charge < -0.3 is 19.9 Å². The minimum Gasteiger partial charge on any atom is -0.497 e. The van der Waals surface area contributed by atoms with Crippen molar-refractivity contribution in [1.29, 1.82) is 0 Å². The lowest BCUT2D eigenvalue weighted by atomic mass is 9.94. The van der Waals surface area contributed by atoms with Crippen molar-refractivity contribution in [2.45, 2.75) is 44.6 Å². The van der Waals surface area contributed by atoms with Crippen molar-refractivity contribution in [2.24, 2.45) is 0 Å². The van der Waals surface area contributed by atoms with Gasteiger partial charge in [0.1, 0.15) is 17.4 Å². The highest BCUT2D eigenvalue weighted by Crippen LogP contribution is 2.30. The lowest BCUT2D eigenvalue weighted by Gasteiger charge is -2.32. The number of benzene rings is 1. The van der Waals surface area contributed by atoms with Crippen molar-refractivity contribution >= 4 is 11.7 Å². The molecule has 1 amide bonds. The number of aromatic nitrogens is 2. The fourth-order valence-corrected chi connectivity index (χ4v) is 4.56. The molecule has 1 aromatic heterocycles. The predicted molar refractivity (Wildman–Crippen MR) is 121 cm³/mol. The molecule has 7 nitrogen and oxygen atoms in total. The van der Waals surface area contributed by atoms with E-state index in [1.165, 1.54) is 5.56 Å². The average Bonchev–Trinajstić information content (AvgIpc) is 2.82. The van der Waals surface area contributed by atoms with Gasteiger partial charge in [-0.05, 0) is 50.4 Å². The number of anilines is 1. The number of hydrogen-bond donors (Lipinski definition) is 1. The maximum atomic E-state index is 12.7. The van der Waals surface area contributed by atoms with E-state index in [9.17, 15) is 4.79 Å². The first-order valence-electron chi connectivity index (χ1n) is 11.2. The molecule has 1 saturated heterocycles. The predicted octanol–water partition coefficient (Wildman–Crippen LogP) is 2.85. The number of likely N-dealkylation sites (N-methyl/N-ethyl adjacent to an activating group) is 1. The number of rotatable bonds is 6. The molecule has 0 atom stereocenters. The third-order valence-electron chi connectivity index (χ3n) is 6.51. The minimum atomic E-state index is 0.234. The number of hydrogen-bond acceptors (Lipinski definition) is 6. The summed E-state index contributed by atoms with van der Waals surface area (Å²) in [5.74, 6) is 3.30. The summed E-state index contributed by atoms with van der Waals surface area (Å²) in [6.07, 6.45) is 4.14. The van der Waals surface area contributed by atoms with Gasteiger partial charge in [0.2, 0.25) is 5.91 Å². The molecule has 3 heterocycles. The van der Waals surface area contributed by atoms with E-state index in [0.29, 0.717) is 12.3 Å². The van der Waals surface area contributed by atoms with Crippen LogP contribution in [0.2, 0.25) is 0 Å². The Morgan fingerprint density at radius 2 is 1.90 bits per heavy atom. The van der Waals surface area contributed by atoms with Crippen LogP contribution in [0, 0.1) is 0 Å². The molecule has 0 bridgehead atoms. The summed E-state index contributed by atoms with van der Waals surface area (Å²) in [6.45, 7) is 3.48. The first-order valence-corrected chi connectivity index (χ1v) is 11.2. The monoisotopic (exact) mass is 423 g/mol. The van der Waals surface area contributed by atoms with Gasteiger partial charge in [-0.25, -0.2) is 9.97 Å². The highest BCUT2D eigenvalue weighted by Gasteiger charge is 2.28. The Morgan fingerprint density at radius 3 is 2.58 bits per heavy atom. The maximum Gasteiger partial charge on any atom is 0.222 e. The van der Waals surface area contributed by atoms with Crippen molar-refractivity contribution in [2.75, 3.05) is 46.2 Å². The Bertz CT molecular complexity index is 907. The summed E-state index contributed by atoms with van der Waals surface area (Å²) in [5, 5.41) is 3.27. The standard InChI is InChI=1S/C24H33N5O2/c1-25-24-20-12-13-28(2)16-21(20)26-23(27-24)18-10-14-29(15-11-18)22(30)9-6-17-4-7-19(31-3)8-5-17/h4-5,7-8,18H,6,9-16H2,1-3H3,(H,25,26,27). The molecule has 2 aliphatic heterocycles. The Labute approximate surface area is 184 Å². The number of piperidine rings is 1. The fraction of sp³-hybridized carbons (Fsp3) is 0.542. The van der Waals surface area contributed by atoms with E-state index >= 15 is 0 Å². The third-order valence-corrected chi connectivity index (χ3v) is 6.51. The summed E-state index contributed by atoms with van der Waals surface area (Å²) < 4.78 is 5.20. The number of aryl methyl sites for hydroxylation is 1. The highest BCUT2D eigenvalue weighted by molar-refractivity contribution is 5.76. The Morgan fingerprint density at radius 1 is 1.16 bits per heavy atom. The minimum absolute atomic E-state index is 0.234. The number of nitrogens with zero attached hydrogens (tertiary/aromatic N) is 4. The summed E-state index contributed by atoms with van der Waals surface area (Å²) in [4.78, 5) is 26.8. The maximum absolute atomic E-state index is 12.7. The molecule has 0 saturated carbocycles. The molecule has 1 fully saturated rings. The topological polar surface area (TPSA) is 70.6 Å². The molecule has 0 unspecified atom stereocenters. The van der Waals surface area contributed by atoms with Crippen LogP contribution in [0.5, 0.6) is 5.75 Å². The van der Waals surface area contributed by atoms with Gasteiger partial charge in [0.15, 0.2) is 0 Å². The van der Waals surface area contributed by atoms with Crippen LogP contribution in [0.3, 0.4) is 0 Å². The van der Waals surface area contributed by atoms with E-state index in [4.69, 9.17) is 14.7 Å². The lowest BCUT2D eigenvalue weighted by molar-refractivity contribution is -0.132. The second kappa shape index (κ2) is 9.64. The Kier molecular flexibility index (Phi) is 6.70. The molecule has 2 aromatic rings. The van der Waals surface area contributed by atoms with Gasteiger partial charge in [-0.1, -0.05) is 12.1 Å². The molecule has 0 radical (unpaired) electrons. The molecule has 0 spiro atoms. The number of fused-ring (bicyclic) bond motifs is 1. The van der Waals surface area contributed by atoms with E-state index in [-0.39, 0.29) is 5.91 Å². The van der Waals surface area contributed by atoms with Crippen LogP contribution in [0.4, 0.5) is 5.82 Å². The number of methoxy groups -OCH3 is 1. The van der Waals surface area contributed by atoms with E-state index < -0.39 is 0 Å². The molecule has 166 valence electrons. The molecule has 2 aliphatic rings. The number of ether oxygens (including phenoxy) is 1. The summed E-state index contributed by atoms with van der Waals surface area (Å²) in [6, 6.07) is 7.95. The Hall–Kier alpha value is -2.67.